The number of hydrogen-bond donors (Lipinski definition) is 1. The third-order valence-electron chi connectivity index (χ3n) is 2.49. The molecular formula is C11H9F2NO. The summed E-state index contributed by atoms with van der Waals surface area (Å²) in [6.07, 6.45) is 2.03. The van der Waals surface area contributed by atoms with Crippen molar-refractivity contribution in [2.24, 2.45) is 5.73 Å². The van der Waals surface area contributed by atoms with Crippen molar-refractivity contribution in [1.82, 2.24) is 0 Å². The fourth-order valence-corrected chi connectivity index (χ4v) is 1.89. The highest BCUT2D eigenvalue weighted by molar-refractivity contribution is 5.95. The normalized spacial score (nSPS) is 16.8. The maximum absolute atomic E-state index is 13.4. The summed E-state index contributed by atoms with van der Waals surface area (Å²) < 4.78 is 26.7. The van der Waals surface area contributed by atoms with Gasteiger partial charge in [-0.15, -0.1) is 0 Å². The van der Waals surface area contributed by atoms with E-state index in [9.17, 15) is 13.6 Å². The minimum atomic E-state index is -0.637. The second kappa shape index (κ2) is 3.46. The molecule has 2 N–H and O–H groups in total. The van der Waals surface area contributed by atoms with Gasteiger partial charge in [-0.2, -0.15) is 0 Å². The number of primary amides is 1. The number of fused-ring (bicyclic) bond motifs is 1. The zero-order chi connectivity index (χ0) is 11.0. The van der Waals surface area contributed by atoms with Crippen LogP contribution < -0.4 is 5.73 Å². The van der Waals surface area contributed by atoms with E-state index in [1.807, 2.05) is 0 Å². The Balaban J connectivity index is 2.60. The highest BCUT2D eigenvalue weighted by atomic mass is 19.1. The number of allylic oxidation sites excluding steroid dienone is 1. The van der Waals surface area contributed by atoms with Gasteiger partial charge in [-0.1, -0.05) is 0 Å². The molecule has 15 heavy (non-hydrogen) atoms. The number of amides is 1. The summed E-state index contributed by atoms with van der Waals surface area (Å²) in [6, 6.07) is 2.16. The van der Waals surface area contributed by atoms with Crippen LogP contribution in [0.3, 0.4) is 0 Å². The summed E-state index contributed by atoms with van der Waals surface area (Å²) in [6.45, 7) is 0. The Labute approximate surface area is 85.4 Å². The molecule has 0 saturated carbocycles. The molecule has 1 aliphatic carbocycles. The maximum Gasteiger partial charge on any atom is 0.241 e. The SMILES string of the molecule is NC(=O)/C=C1/CCc2c(F)ccc(F)c21. The Kier molecular flexibility index (Phi) is 2.26. The minimum absolute atomic E-state index is 0.203. The molecule has 1 amide bonds. The number of halogens is 2. The van der Waals surface area contributed by atoms with Crippen molar-refractivity contribution in [3.8, 4) is 0 Å². The Morgan fingerprint density at radius 1 is 1.27 bits per heavy atom. The van der Waals surface area contributed by atoms with Gasteiger partial charge >= 0.3 is 0 Å². The number of rotatable bonds is 1. The third-order valence-corrected chi connectivity index (χ3v) is 2.49. The molecule has 0 saturated heterocycles. The highest BCUT2D eigenvalue weighted by Gasteiger charge is 2.23. The average Bonchev–Trinajstić information content (AvgIpc) is 2.56. The molecule has 0 bridgehead atoms. The van der Waals surface area contributed by atoms with Gasteiger partial charge in [0.05, 0.1) is 0 Å². The molecule has 0 heterocycles. The van der Waals surface area contributed by atoms with Crippen molar-refractivity contribution in [2.75, 3.05) is 0 Å². The van der Waals surface area contributed by atoms with E-state index in [0.29, 0.717) is 24.0 Å². The molecule has 1 aliphatic rings. The van der Waals surface area contributed by atoms with E-state index in [4.69, 9.17) is 5.73 Å². The van der Waals surface area contributed by atoms with Crippen LogP contribution in [0.1, 0.15) is 17.5 Å². The van der Waals surface area contributed by atoms with Gasteiger partial charge in [-0.05, 0) is 36.1 Å². The first-order chi connectivity index (χ1) is 7.09. The summed E-state index contributed by atoms with van der Waals surface area (Å²) in [5, 5.41) is 0. The molecule has 1 aromatic carbocycles. The van der Waals surface area contributed by atoms with Crippen LogP contribution in [-0.4, -0.2) is 5.91 Å². The molecule has 4 heteroatoms. The number of benzene rings is 1. The van der Waals surface area contributed by atoms with Crippen molar-refractivity contribution in [1.29, 1.82) is 0 Å². The van der Waals surface area contributed by atoms with Crippen molar-refractivity contribution in [3.05, 3.63) is 41.0 Å². The van der Waals surface area contributed by atoms with Crippen molar-refractivity contribution < 1.29 is 13.6 Å². The molecule has 78 valence electrons. The lowest BCUT2D eigenvalue weighted by Gasteiger charge is -2.03. The topological polar surface area (TPSA) is 43.1 Å². The van der Waals surface area contributed by atoms with Gasteiger partial charge in [0.1, 0.15) is 11.6 Å². The van der Waals surface area contributed by atoms with Crippen molar-refractivity contribution in [3.63, 3.8) is 0 Å². The zero-order valence-corrected chi connectivity index (χ0v) is 7.89. The van der Waals surface area contributed by atoms with Crippen LogP contribution in [0.4, 0.5) is 8.78 Å². The molecule has 0 aliphatic heterocycles. The Morgan fingerprint density at radius 3 is 2.60 bits per heavy atom. The van der Waals surface area contributed by atoms with Crippen LogP contribution in [0.25, 0.3) is 5.57 Å². The molecule has 1 aromatic rings. The lowest BCUT2D eigenvalue weighted by Crippen LogP contribution is -2.06. The first kappa shape index (κ1) is 9.83. The summed E-state index contributed by atoms with van der Waals surface area (Å²) >= 11 is 0. The van der Waals surface area contributed by atoms with E-state index in [2.05, 4.69) is 0 Å². The Morgan fingerprint density at radius 2 is 1.93 bits per heavy atom. The fraction of sp³-hybridized carbons (Fsp3) is 0.182. The molecule has 0 radical (unpaired) electrons. The summed E-state index contributed by atoms with van der Waals surface area (Å²) in [4.78, 5) is 10.7. The van der Waals surface area contributed by atoms with Crippen LogP contribution in [0.15, 0.2) is 18.2 Å². The van der Waals surface area contributed by atoms with E-state index in [1.54, 1.807) is 0 Å². The predicted molar refractivity (Wildman–Crippen MR) is 51.9 cm³/mol. The number of carbonyl (C=O) groups excluding carboxylic acids is 1. The van der Waals surface area contributed by atoms with E-state index in [-0.39, 0.29) is 5.56 Å². The van der Waals surface area contributed by atoms with E-state index < -0.39 is 17.5 Å². The second-order valence-electron chi connectivity index (χ2n) is 3.45. The van der Waals surface area contributed by atoms with Crippen LogP contribution in [0, 0.1) is 11.6 Å². The quantitative estimate of drug-likeness (QED) is 0.704. The summed E-state index contributed by atoms with van der Waals surface area (Å²) in [5.74, 6) is -1.57. The largest absolute Gasteiger partial charge is 0.366 e. The lowest BCUT2D eigenvalue weighted by atomic mass is 10.1. The number of carbonyl (C=O) groups is 1. The molecule has 0 unspecified atom stereocenters. The maximum atomic E-state index is 13.4. The van der Waals surface area contributed by atoms with Gasteiger partial charge < -0.3 is 5.73 Å². The number of hydrogen-bond acceptors (Lipinski definition) is 1. The molecule has 0 aromatic heterocycles. The van der Waals surface area contributed by atoms with Gasteiger partial charge in [0.25, 0.3) is 0 Å². The molecule has 2 rings (SSSR count). The third kappa shape index (κ3) is 1.63. The van der Waals surface area contributed by atoms with Crippen LogP contribution in [-0.2, 0) is 11.2 Å². The standard InChI is InChI=1S/C11H9F2NO/c12-8-3-4-9(13)11-6(5-10(14)15)1-2-7(8)11/h3-5H,1-2H2,(H2,14,15)/b6-5-. The first-order valence-electron chi connectivity index (χ1n) is 4.57. The van der Waals surface area contributed by atoms with E-state index >= 15 is 0 Å². The predicted octanol–water partition coefficient (Wildman–Crippen LogP) is 1.78. The highest BCUT2D eigenvalue weighted by Crippen LogP contribution is 2.35. The van der Waals surface area contributed by atoms with Crippen molar-refractivity contribution in [2.45, 2.75) is 12.8 Å². The fourth-order valence-electron chi connectivity index (χ4n) is 1.89. The molecular weight excluding hydrogens is 200 g/mol. The van der Waals surface area contributed by atoms with Crippen molar-refractivity contribution >= 4 is 11.5 Å². The number of nitrogens with two attached hydrogens (primary N) is 1. The van der Waals surface area contributed by atoms with Crippen LogP contribution in [0.2, 0.25) is 0 Å². The van der Waals surface area contributed by atoms with Gasteiger partial charge in [-0.3, -0.25) is 4.79 Å². The van der Waals surface area contributed by atoms with Gasteiger partial charge in [0.15, 0.2) is 0 Å². The van der Waals surface area contributed by atoms with Crippen LogP contribution in [0.5, 0.6) is 0 Å². The lowest BCUT2D eigenvalue weighted by molar-refractivity contribution is -0.113. The first-order valence-corrected chi connectivity index (χ1v) is 4.57. The van der Waals surface area contributed by atoms with Gasteiger partial charge in [-0.25, -0.2) is 8.78 Å². The monoisotopic (exact) mass is 209 g/mol. The molecule has 0 atom stereocenters. The molecule has 0 fully saturated rings. The Bertz CT molecular complexity index is 466. The summed E-state index contributed by atoms with van der Waals surface area (Å²) in [7, 11) is 0. The second-order valence-corrected chi connectivity index (χ2v) is 3.45. The smallest absolute Gasteiger partial charge is 0.241 e. The minimum Gasteiger partial charge on any atom is -0.366 e. The molecule has 2 nitrogen and oxygen atoms in total. The average molecular weight is 209 g/mol. The van der Waals surface area contributed by atoms with Gasteiger partial charge in [0, 0.05) is 11.6 Å². The Hall–Kier alpha value is -1.71. The molecule has 0 spiro atoms. The zero-order valence-electron chi connectivity index (χ0n) is 7.89. The van der Waals surface area contributed by atoms with E-state index in [1.165, 1.54) is 0 Å². The van der Waals surface area contributed by atoms with Crippen LogP contribution >= 0.6 is 0 Å². The van der Waals surface area contributed by atoms with E-state index in [0.717, 1.165) is 18.2 Å². The van der Waals surface area contributed by atoms with Gasteiger partial charge in [0.2, 0.25) is 5.91 Å². The summed E-state index contributed by atoms with van der Waals surface area (Å²) in [5.41, 5.74) is 6.01.